The number of carboxylic acid groups (broad SMARTS) is 1. The summed E-state index contributed by atoms with van der Waals surface area (Å²) in [4.78, 5) is 26.7. The maximum absolute atomic E-state index is 11.4. The zero-order valence-corrected chi connectivity index (χ0v) is 14.5. The fourth-order valence-electron chi connectivity index (χ4n) is 1.93. The lowest BCUT2D eigenvalue weighted by Crippen LogP contribution is -2.07. The van der Waals surface area contributed by atoms with E-state index in [1.165, 1.54) is 30.7 Å². The second kappa shape index (κ2) is 8.78. The van der Waals surface area contributed by atoms with Gasteiger partial charge in [0.15, 0.2) is 0 Å². The molecule has 0 radical (unpaired) electrons. The van der Waals surface area contributed by atoms with Crippen LogP contribution in [0.25, 0.3) is 0 Å². The van der Waals surface area contributed by atoms with Gasteiger partial charge < -0.3 is 14.6 Å². The van der Waals surface area contributed by atoms with Crippen molar-refractivity contribution in [2.75, 3.05) is 19.1 Å². The summed E-state index contributed by atoms with van der Waals surface area (Å²) in [6, 6.07) is 4.64. The molecule has 0 spiro atoms. The van der Waals surface area contributed by atoms with Crippen molar-refractivity contribution in [2.45, 2.75) is 13.3 Å². The molecular formula is C16H17N3O5S. The van der Waals surface area contributed by atoms with E-state index in [0.717, 1.165) is 0 Å². The molecule has 8 nitrogen and oxygen atoms in total. The Labute approximate surface area is 148 Å². The zero-order chi connectivity index (χ0) is 18.2. The van der Waals surface area contributed by atoms with Gasteiger partial charge in [-0.15, -0.1) is 11.3 Å². The van der Waals surface area contributed by atoms with Gasteiger partial charge in [0, 0.05) is 5.38 Å². The van der Waals surface area contributed by atoms with Gasteiger partial charge in [0.05, 0.1) is 32.0 Å². The molecule has 1 heterocycles. The fraction of sp³-hybridized carbons (Fsp3) is 0.250. The Morgan fingerprint density at radius 2 is 2.24 bits per heavy atom. The van der Waals surface area contributed by atoms with E-state index in [2.05, 4.69) is 15.5 Å². The maximum atomic E-state index is 11.4. The summed E-state index contributed by atoms with van der Waals surface area (Å²) in [5, 5.41) is 15.4. The van der Waals surface area contributed by atoms with Crippen molar-refractivity contribution in [2.24, 2.45) is 5.10 Å². The van der Waals surface area contributed by atoms with Gasteiger partial charge in [-0.1, -0.05) is 6.07 Å². The van der Waals surface area contributed by atoms with Crippen LogP contribution in [0.2, 0.25) is 0 Å². The Morgan fingerprint density at radius 1 is 1.44 bits per heavy atom. The van der Waals surface area contributed by atoms with Crippen LogP contribution in [0, 0.1) is 0 Å². The Morgan fingerprint density at radius 3 is 2.92 bits per heavy atom. The van der Waals surface area contributed by atoms with E-state index in [-0.39, 0.29) is 23.7 Å². The Bertz CT molecular complexity index is 788. The lowest BCUT2D eigenvalue weighted by atomic mass is 10.1. The molecule has 25 heavy (non-hydrogen) atoms. The van der Waals surface area contributed by atoms with Crippen LogP contribution in [-0.2, 0) is 16.0 Å². The minimum absolute atomic E-state index is 0.0798. The largest absolute Gasteiger partial charge is 0.496 e. The topological polar surface area (TPSA) is 110 Å². The van der Waals surface area contributed by atoms with Gasteiger partial charge in [-0.2, -0.15) is 5.10 Å². The molecular weight excluding hydrogens is 346 g/mol. The number of hydrogen-bond donors (Lipinski definition) is 2. The number of nitrogens with one attached hydrogen (secondary N) is 1. The normalized spacial score (nSPS) is 10.6. The van der Waals surface area contributed by atoms with Crippen molar-refractivity contribution < 1.29 is 24.2 Å². The van der Waals surface area contributed by atoms with E-state index in [1.807, 2.05) is 0 Å². The summed E-state index contributed by atoms with van der Waals surface area (Å²) < 4.78 is 9.92. The van der Waals surface area contributed by atoms with Crippen LogP contribution in [-0.4, -0.2) is 42.0 Å². The lowest BCUT2D eigenvalue weighted by molar-refractivity contribution is -0.142. The van der Waals surface area contributed by atoms with Crippen molar-refractivity contribution in [3.05, 3.63) is 40.4 Å². The number of thiazole rings is 1. The van der Waals surface area contributed by atoms with Gasteiger partial charge in [0.2, 0.25) is 5.13 Å². The maximum Gasteiger partial charge on any atom is 0.339 e. The number of anilines is 1. The van der Waals surface area contributed by atoms with Crippen LogP contribution in [0.4, 0.5) is 5.13 Å². The number of hydrogen-bond acceptors (Lipinski definition) is 8. The minimum atomic E-state index is -1.06. The van der Waals surface area contributed by atoms with Crippen molar-refractivity contribution in [1.82, 2.24) is 4.98 Å². The minimum Gasteiger partial charge on any atom is -0.496 e. The number of ether oxygens (including phenoxy) is 2. The van der Waals surface area contributed by atoms with Crippen LogP contribution in [0.15, 0.2) is 28.7 Å². The molecule has 0 unspecified atom stereocenters. The molecule has 0 aliphatic carbocycles. The van der Waals surface area contributed by atoms with Crippen molar-refractivity contribution in [3.63, 3.8) is 0 Å². The first-order chi connectivity index (χ1) is 12.0. The lowest BCUT2D eigenvalue weighted by Gasteiger charge is -2.05. The third kappa shape index (κ3) is 5.28. The van der Waals surface area contributed by atoms with Gasteiger partial charge in [-0.3, -0.25) is 10.2 Å². The number of aromatic carboxylic acids is 1. The number of aromatic nitrogens is 1. The molecule has 1 aromatic heterocycles. The molecule has 0 atom stereocenters. The van der Waals surface area contributed by atoms with Gasteiger partial charge >= 0.3 is 11.9 Å². The van der Waals surface area contributed by atoms with Crippen LogP contribution in [0.5, 0.6) is 5.75 Å². The Balaban J connectivity index is 1.98. The molecule has 132 valence electrons. The van der Waals surface area contributed by atoms with E-state index in [1.54, 1.807) is 24.4 Å². The first-order valence-electron chi connectivity index (χ1n) is 7.34. The van der Waals surface area contributed by atoms with Gasteiger partial charge in [-0.05, 0) is 24.6 Å². The molecule has 1 aromatic carbocycles. The molecule has 0 amide bonds. The van der Waals surface area contributed by atoms with Crippen LogP contribution in [0.1, 0.15) is 28.5 Å². The highest BCUT2D eigenvalue weighted by Crippen LogP contribution is 2.20. The van der Waals surface area contributed by atoms with E-state index >= 15 is 0 Å². The average molecular weight is 363 g/mol. The number of nitrogens with zero attached hydrogens (tertiary/aromatic N) is 2. The van der Waals surface area contributed by atoms with Crippen molar-refractivity contribution in [1.29, 1.82) is 0 Å². The molecule has 2 rings (SSSR count). The number of rotatable bonds is 8. The third-order valence-corrected chi connectivity index (χ3v) is 3.81. The number of carbonyl (C=O) groups excluding carboxylic acids is 1. The summed E-state index contributed by atoms with van der Waals surface area (Å²) in [7, 11) is 1.40. The van der Waals surface area contributed by atoms with E-state index in [4.69, 9.17) is 14.6 Å². The molecule has 0 bridgehead atoms. The summed E-state index contributed by atoms with van der Waals surface area (Å²) in [6.07, 6.45) is 1.63. The van der Waals surface area contributed by atoms with Crippen molar-refractivity contribution in [3.8, 4) is 5.75 Å². The number of methoxy groups -OCH3 is 1. The summed E-state index contributed by atoms with van der Waals surface area (Å²) in [6.45, 7) is 2.08. The van der Waals surface area contributed by atoms with Gasteiger partial charge in [-0.25, -0.2) is 9.78 Å². The van der Waals surface area contributed by atoms with Crippen LogP contribution >= 0.6 is 11.3 Å². The molecule has 0 aliphatic heterocycles. The second-order valence-corrected chi connectivity index (χ2v) is 5.62. The number of esters is 1. The smallest absolute Gasteiger partial charge is 0.339 e. The van der Waals surface area contributed by atoms with Gasteiger partial charge in [0.25, 0.3) is 0 Å². The number of carbonyl (C=O) groups is 2. The Hall–Kier alpha value is -2.94. The Kier molecular flexibility index (Phi) is 6.47. The number of benzene rings is 1. The molecule has 2 aromatic rings. The van der Waals surface area contributed by atoms with Crippen LogP contribution in [0.3, 0.4) is 0 Å². The first-order valence-corrected chi connectivity index (χ1v) is 8.22. The van der Waals surface area contributed by atoms with E-state index in [0.29, 0.717) is 23.0 Å². The van der Waals surface area contributed by atoms with E-state index < -0.39 is 5.97 Å². The highest BCUT2D eigenvalue weighted by Gasteiger charge is 2.11. The molecule has 9 heteroatoms. The molecule has 2 N–H and O–H groups in total. The standard InChI is InChI=1S/C16H17N3O5S/c1-3-24-14(20)7-11-9-25-16(18-11)19-17-8-10-4-5-12(15(21)22)13(6-10)23-2/h4-6,8-9H,3,7H2,1-2H3,(H,18,19)(H,21,22). The predicted molar refractivity (Wildman–Crippen MR) is 93.6 cm³/mol. The highest BCUT2D eigenvalue weighted by atomic mass is 32.1. The van der Waals surface area contributed by atoms with Crippen LogP contribution < -0.4 is 10.2 Å². The molecule has 0 saturated heterocycles. The first kappa shape index (κ1) is 18.4. The predicted octanol–water partition coefficient (Wildman–Crippen LogP) is 2.40. The van der Waals surface area contributed by atoms with Gasteiger partial charge in [0.1, 0.15) is 11.3 Å². The summed E-state index contributed by atoms with van der Waals surface area (Å²) in [5.74, 6) is -1.13. The second-order valence-electron chi connectivity index (χ2n) is 4.76. The summed E-state index contributed by atoms with van der Waals surface area (Å²) >= 11 is 1.31. The highest BCUT2D eigenvalue weighted by molar-refractivity contribution is 7.13. The molecule has 0 fully saturated rings. The SMILES string of the molecule is CCOC(=O)Cc1csc(NN=Cc2ccc(C(=O)O)c(OC)c2)n1. The number of carboxylic acids is 1. The average Bonchev–Trinajstić information content (AvgIpc) is 3.01. The fourth-order valence-corrected chi connectivity index (χ4v) is 2.59. The summed E-state index contributed by atoms with van der Waals surface area (Å²) in [5.41, 5.74) is 4.11. The third-order valence-electron chi connectivity index (χ3n) is 3.01. The quantitative estimate of drug-likeness (QED) is 0.421. The zero-order valence-electron chi connectivity index (χ0n) is 13.7. The number of hydrazone groups is 1. The molecule has 0 saturated carbocycles. The van der Waals surface area contributed by atoms with E-state index in [9.17, 15) is 9.59 Å². The monoisotopic (exact) mass is 363 g/mol. The molecule has 0 aliphatic rings. The van der Waals surface area contributed by atoms with Crippen molar-refractivity contribution >= 4 is 34.6 Å².